The second-order valence-electron chi connectivity index (χ2n) is 5.77. The normalized spacial score (nSPS) is 14.6. The number of carbonyl (C=O) groups is 2. The molecule has 0 radical (unpaired) electrons. The number of carbonyl (C=O) groups excluding carboxylic acids is 2. The van der Waals surface area contributed by atoms with Crippen molar-refractivity contribution < 1.29 is 14.3 Å². The van der Waals surface area contributed by atoms with Crippen LogP contribution in [-0.4, -0.2) is 29.9 Å². The topological polar surface area (TPSA) is 46.6 Å². The van der Waals surface area contributed by atoms with Crippen molar-refractivity contribution in [2.45, 2.75) is 45.8 Å². The van der Waals surface area contributed by atoms with E-state index in [0.717, 1.165) is 17.4 Å². The van der Waals surface area contributed by atoms with Crippen LogP contribution < -0.4 is 0 Å². The van der Waals surface area contributed by atoms with Crippen LogP contribution in [0.1, 0.15) is 38.8 Å². The van der Waals surface area contributed by atoms with Gasteiger partial charge in [-0.05, 0) is 56.5 Å². The van der Waals surface area contributed by atoms with Gasteiger partial charge in [-0.2, -0.15) is 11.3 Å². The number of thiophene rings is 1. The standard InChI is InChI=1S/C14H21NO3S/c1-10-7-19-8-11(10)14(5,9-16)15(6)12(17)18-13(2,3)4/h7-9H,1-6H3. The first kappa shape index (κ1) is 15.7. The minimum absolute atomic E-state index is 0.507. The van der Waals surface area contributed by atoms with E-state index in [2.05, 4.69) is 0 Å². The van der Waals surface area contributed by atoms with E-state index >= 15 is 0 Å². The summed E-state index contributed by atoms with van der Waals surface area (Å²) in [7, 11) is 1.58. The molecule has 1 aromatic heterocycles. The van der Waals surface area contributed by atoms with E-state index in [-0.39, 0.29) is 0 Å². The molecule has 1 heterocycles. The number of ether oxygens (including phenoxy) is 1. The molecule has 0 spiro atoms. The summed E-state index contributed by atoms with van der Waals surface area (Å²) < 4.78 is 5.32. The third-order valence-electron chi connectivity index (χ3n) is 2.99. The van der Waals surface area contributed by atoms with Crippen LogP contribution in [0.2, 0.25) is 0 Å². The van der Waals surface area contributed by atoms with Gasteiger partial charge in [-0.3, -0.25) is 4.90 Å². The van der Waals surface area contributed by atoms with Gasteiger partial charge in [0.15, 0.2) is 0 Å². The van der Waals surface area contributed by atoms with E-state index < -0.39 is 17.2 Å². The van der Waals surface area contributed by atoms with Crippen LogP contribution in [0.15, 0.2) is 10.8 Å². The summed E-state index contributed by atoms with van der Waals surface area (Å²) in [5.74, 6) is 0. The Morgan fingerprint density at radius 3 is 2.26 bits per heavy atom. The van der Waals surface area contributed by atoms with Gasteiger partial charge in [0, 0.05) is 7.05 Å². The molecule has 106 valence electrons. The summed E-state index contributed by atoms with van der Waals surface area (Å²) in [4.78, 5) is 25.0. The smallest absolute Gasteiger partial charge is 0.411 e. The highest BCUT2D eigenvalue weighted by atomic mass is 32.1. The zero-order chi connectivity index (χ0) is 14.8. The Kier molecular flexibility index (Phi) is 4.40. The van der Waals surface area contributed by atoms with Gasteiger partial charge in [0.05, 0.1) is 0 Å². The van der Waals surface area contributed by atoms with Crippen LogP contribution in [0, 0.1) is 6.92 Å². The van der Waals surface area contributed by atoms with E-state index in [4.69, 9.17) is 4.74 Å². The monoisotopic (exact) mass is 283 g/mol. The molecule has 19 heavy (non-hydrogen) atoms. The molecule has 1 aromatic rings. The molecule has 0 aliphatic heterocycles. The van der Waals surface area contributed by atoms with Crippen LogP contribution in [0.5, 0.6) is 0 Å². The lowest BCUT2D eigenvalue weighted by Gasteiger charge is -2.35. The van der Waals surface area contributed by atoms with Crippen molar-refractivity contribution in [3.8, 4) is 0 Å². The van der Waals surface area contributed by atoms with Gasteiger partial charge in [-0.1, -0.05) is 0 Å². The van der Waals surface area contributed by atoms with Gasteiger partial charge in [0.25, 0.3) is 0 Å². The van der Waals surface area contributed by atoms with E-state index in [9.17, 15) is 9.59 Å². The first-order chi connectivity index (χ1) is 8.62. The Labute approximate surface area is 118 Å². The molecule has 0 saturated carbocycles. The number of rotatable bonds is 3. The molecule has 0 fully saturated rings. The molecule has 0 N–H and O–H groups in total. The summed E-state index contributed by atoms with van der Waals surface area (Å²) in [6.07, 6.45) is 0.277. The lowest BCUT2D eigenvalue weighted by molar-refractivity contribution is -0.117. The first-order valence-corrected chi connectivity index (χ1v) is 7.02. The lowest BCUT2D eigenvalue weighted by atomic mass is 9.92. The average molecular weight is 283 g/mol. The Hall–Kier alpha value is -1.36. The molecule has 0 aliphatic rings. The summed E-state index contributed by atoms with van der Waals surface area (Å²) in [6.45, 7) is 9.04. The third kappa shape index (κ3) is 3.35. The van der Waals surface area contributed by atoms with Crippen LogP contribution in [0.25, 0.3) is 0 Å². The summed E-state index contributed by atoms with van der Waals surface area (Å²) >= 11 is 1.51. The third-order valence-corrected chi connectivity index (χ3v) is 3.86. The summed E-state index contributed by atoms with van der Waals surface area (Å²) in [6, 6.07) is 0. The summed E-state index contributed by atoms with van der Waals surface area (Å²) in [5.41, 5.74) is 0.237. The molecular formula is C14H21NO3S. The number of likely N-dealkylation sites (N-methyl/N-ethyl adjacent to an activating group) is 1. The molecular weight excluding hydrogens is 262 g/mol. The van der Waals surface area contributed by atoms with Gasteiger partial charge in [-0.15, -0.1) is 0 Å². The predicted octanol–water partition coefficient (Wildman–Crippen LogP) is 3.34. The average Bonchev–Trinajstić information content (AvgIpc) is 2.71. The van der Waals surface area contributed by atoms with Crippen molar-refractivity contribution in [1.82, 2.24) is 4.90 Å². The fourth-order valence-electron chi connectivity index (χ4n) is 1.72. The van der Waals surface area contributed by atoms with Gasteiger partial charge in [0.1, 0.15) is 17.4 Å². The van der Waals surface area contributed by atoms with E-state index in [1.807, 2.05) is 17.7 Å². The maximum Gasteiger partial charge on any atom is 0.411 e. The maximum atomic E-state index is 12.1. The fourth-order valence-corrected chi connectivity index (χ4v) is 2.68. The van der Waals surface area contributed by atoms with Gasteiger partial charge >= 0.3 is 6.09 Å². The number of nitrogens with zero attached hydrogens (tertiary/aromatic N) is 1. The predicted molar refractivity (Wildman–Crippen MR) is 76.5 cm³/mol. The molecule has 0 aromatic carbocycles. The number of hydrogen-bond acceptors (Lipinski definition) is 4. The second-order valence-corrected chi connectivity index (χ2v) is 6.52. The highest BCUT2D eigenvalue weighted by Crippen LogP contribution is 2.31. The molecule has 4 nitrogen and oxygen atoms in total. The zero-order valence-electron chi connectivity index (χ0n) is 12.3. The molecule has 0 aliphatic carbocycles. The fraction of sp³-hybridized carbons (Fsp3) is 0.571. The molecule has 1 rings (SSSR count). The van der Waals surface area contributed by atoms with Gasteiger partial charge in [-0.25, -0.2) is 4.79 Å². The molecule has 1 amide bonds. The van der Waals surface area contributed by atoms with Crippen molar-refractivity contribution in [2.75, 3.05) is 7.05 Å². The van der Waals surface area contributed by atoms with Crippen LogP contribution in [0.4, 0.5) is 4.79 Å². The molecule has 5 heteroatoms. The number of aryl methyl sites for hydroxylation is 1. The van der Waals surface area contributed by atoms with Crippen molar-refractivity contribution >= 4 is 23.7 Å². The Bertz CT molecular complexity index is 475. The molecule has 1 atom stereocenters. The molecule has 1 unspecified atom stereocenters. The minimum atomic E-state index is -1.01. The van der Waals surface area contributed by atoms with Gasteiger partial charge < -0.3 is 9.53 Å². The van der Waals surface area contributed by atoms with Crippen LogP contribution in [0.3, 0.4) is 0 Å². The lowest BCUT2D eigenvalue weighted by Crippen LogP contribution is -2.48. The maximum absolute atomic E-state index is 12.1. The Morgan fingerprint density at radius 1 is 1.32 bits per heavy atom. The highest BCUT2D eigenvalue weighted by molar-refractivity contribution is 7.08. The SMILES string of the molecule is Cc1cscc1C(C)(C=O)N(C)C(=O)OC(C)(C)C. The summed E-state index contributed by atoms with van der Waals surface area (Å²) in [5, 5.41) is 3.85. The zero-order valence-corrected chi connectivity index (χ0v) is 13.1. The highest BCUT2D eigenvalue weighted by Gasteiger charge is 2.38. The Morgan fingerprint density at radius 2 is 1.89 bits per heavy atom. The number of aldehydes is 1. The van der Waals surface area contributed by atoms with Crippen LogP contribution in [-0.2, 0) is 15.1 Å². The van der Waals surface area contributed by atoms with Crippen molar-refractivity contribution in [3.63, 3.8) is 0 Å². The van der Waals surface area contributed by atoms with E-state index in [1.165, 1.54) is 16.2 Å². The Balaban J connectivity index is 3.06. The van der Waals surface area contributed by atoms with Crippen molar-refractivity contribution in [2.24, 2.45) is 0 Å². The van der Waals surface area contributed by atoms with E-state index in [0.29, 0.717) is 0 Å². The van der Waals surface area contributed by atoms with Gasteiger partial charge in [0.2, 0.25) is 0 Å². The number of amides is 1. The second kappa shape index (κ2) is 5.33. The van der Waals surface area contributed by atoms with Crippen molar-refractivity contribution in [3.05, 3.63) is 21.9 Å². The van der Waals surface area contributed by atoms with Crippen molar-refractivity contribution in [1.29, 1.82) is 0 Å². The molecule has 0 saturated heterocycles. The van der Waals surface area contributed by atoms with E-state index in [1.54, 1.807) is 34.7 Å². The quantitative estimate of drug-likeness (QED) is 0.799. The first-order valence-electron chi connectivity index (χ1n) is 6.08. The largest absolute Gasteiger partial charge is 0.444 e. The molecule has 0 bridgehead atoms. The minimum Gasteiger partial charge on any atom is -0.444 e. The number of hydrogen-bond donors (Lipinski definition) is 0. The van der Waals surface area contributed by atoms with Crippen LogP contribution >= 0.6 is 11.3 Å².